The zero-order chi connectivity index (χ0) is 12.9. The zero-order valence-electron chi connectivity index (χ0n) is 12.6. The maximum absolute atomic E-state index is 3.52. The van der Waals surface area contributed by atoms with E-state index in [0.29, 0.717) is 5.41 Å². The van der Waals surface area contributed by atoms with Gasteiger partial charge in [0.2, 0.25) is 0 Å². The summed E-state index contributed by atoms with van der Waals surface area (Å²) in [5.41, 5.74) is 0.476. The van der Waals surface area contributed by atoms with E-state index in [1.54, 1.807) is 0 Å². The van der Waals surface area contributed by atoms with Crippen molar-refractivity contribution < 1.29 is 0 Å². The van der Waals surface area contributed by atoms with E-state index in [-0.39, 0.29) is 0 Å². The van der Waals surface area contributed by atoms with Crippen molar-refractivity contribution in [1.29, 1.82) is 0 Å². The molecule has 0 aromatic rings. The van der Waals surface area contributed by atoms with Crippen LogP contribution in [0.15, 0.2) is 0 Å². The van der Waals surface area contributed by atoms with E-state index in [9.17, 15) is 0 Å². The fourth-order valence-electron chi connectivity index (χ4n) is 2.88. The molecule has 2 heteroatoms. The molecule has 2 unspecified atom stereocenters. The largest absolute Gasteiger partial charge is 0.315 e. The quantitative estimate of drug-likeness (QED) is 0.767. The third kappa shape index (κ3) is 4.59. The van der Waals surface area contributed by atoms with Gasteiger partial charge < -0.3 is 5.32 Å². The monoisotopic (exact) mass is 240 g/mol. The Morgan fingerprint density at radius 2 is 2.00 bits per heavy atom. The Balaban J connectivity index is 2.47. The molecule has 2 nitrogen and oxygen atoms in total. The van der Waals surface area contributed by atoms with Gasteiger partial charge in [-0.2, -0.15) is 0 Å². The summed E-state index contributed by atoms with van der Waals surface area (Å²) in [6.45, 7) is 16.5. The number of likely N-dealkylation sites (tertiary alicyclic amines) is 1. The average Bonchev–Trinajstić information content (AvgIpc) is 2.72. The number of nitrogens with one attached hydrogen (secondary N) is 1. The fourth-order valence-corrected chi connectivity index (χ4v) is 2.88. The van der Waals surface area contributed by atoms with E-state index in [2.05, 4.69) is 44.8 Å². The molecular weight excluding hydrogens is 208 g/mol. The third-order valence-corrected chi connectivity index (χ3v) is 4.21. The maximum Gasteiger partial charge on any atom is 0.0220 e. The van der Waals surface area contributed by atoms with Gasteiger partial charge in [0.15, 0.2) is 0 Å². The molecule has 0 amide bonds. The molecule has 1 aliphatic heterocycles. The van der Waals surface area contributed by atoms with Crippen molar-refractivity contribution in [2.45, 2.75) is 59.9 Å². The van der Waals surface area contributed by atoms with E-state index in [1.807, 2.05) is 0 Å². The molecule has 1 rings (SSSR count). The van der Waals surface area contributed by atoms with Crippen molar-refractivity contribution in [3.05, 3.63) is 0 Å². The first-order valence-electron chi connectivity index (χ1n) is 7.43. The van der Waals surface area contributed by atoms with E-state index in [0.717, 1.165) is 18.5 Å². The number of likely N-dealkylation sites (N-methyl/N-ethyl adjacent to an activating group) is 1. The molecule has 1 aliphatic rings. The molecule has 0 spiro atoms. The minimum absolute atomic E-state index is 0.476. The van der Waals surface area contributed by atoms with Crippen LogP contribution in [0.25, 0.3) is 0 Å². The van der Waals surface area contributed by atoms with Crippen LogP contribution < -0.4 is 5.32 Å². The zero-order valence-corrected chi connectivity index (χ0v) is 12.6. The Bertz CT molecular complexity index is 207. The van der Waals surface area contributed by atoms with Crippen LogP contribution in [-0.2, 0) is 0 Å². The Morgan fingerprint density at radius 3 is 2.47 bits per heavy atom. The number of hydrogen-bond acceptors (Lipinski definition) is 2. The molecule has 0 aromatic carbocycles. The predicted octanol–water partition coefficient (Wildman–Crippen LogP) is 3.13. The highest BCUT2D eigenvalue weighted by atomic mass is 15.2. The van der Waals surface area contributed by atoms with Gasteiger partial charge in [-0.15, -0.1) is 0 Å². The highest BCUT2D eigenvalue weighted by Crippen LogP contribution is 2.34. The summed E-state index contributed by atoms with van der Waals surface area (Å²) < 4.78 is 0. The van der Waals surface area contributed by atoms with Gasteiger partial charge in [0.25, 0.3) is 0 Å². The Morgan fingerprint density at radius 1 is 1.29 bits per heavy atom. The Hall–Kier alpha value is -0.0800. The standard InChI is InChI=1S/C15H32N2/c1-6-8-14(11-16-7-2)17-10-9-13(12-17)15(3,4)5/h13-14,16H,6-12H2,1-5H3. The smallest absolute Gasteiger partial charge is 0.0220 e. The summed E-state index contributed by atoms with van der Waals surface area (Å²) in [5.74, 6) is 0.878. The second-order valence-electron chi connectivity index (χ2n) is 6.60. The maximum atomic E-state index is 3.52. The van der Waals surface area contributed by atoms with E-state index >= 15 is 0 Å². The first-order valence-corrected chi connectivity index (χ1v) is 7.43. The van der Waals surface area contributed by atoms with Gasteiger partial charge >= 0.3 is 0 Å². The van der Waals surface area contributed by atoms with Crippen LogP contribution >= 0.6 is 0 Å². The molecule has 0 aromatic heterocycles. The molecule has 0 aliphatic carbocycles. The van der Waals surface area contributed by atoms with E-state index in [4.69, 9.17) is 0 Å². The molecule has 17 heavy (non-hydrogen) atoms. The highest BCUT2D eigenvalue weighted by Gasteiger charge is 2.34. The van der Waals surface area contributed by atoms with Crippen LogP contribution in [0.4, 0.5) is 0 Å². The van der Waals surface area contributed by atoms with Crippen LogP contribution in [-0.4, -0.2) is 37.1 Å². The highest BCUT2D eigenvalue weighted by molar-refractivity contribution is 4.87. The number of nitrogens with zero attached hydrogens (tertiary/aromatic N) is 1. The average molecular weight is 240 g/mol. The van der Waals surface area contributed by atoms with Gasteiger partial charge in [-0.05, 0) is 37.3 Å². The molecule has 2 atom stereocenters. The minimum Gasteiger partial charge on any atom is -0.315 e. The normalized spacial score (nSPS) is 24.2. The Kier molecular flexibility index (Phi) is 5.94. The van der Waals surface area contributed by atoms with Gasteiger partial charge in [0.1, 0.15) is 0 Å². The summed E-state index contributed by atoms with van der Waals surface area (Å²) in [7, 11) is 0. The molecule has 0 saturated carbocycles. The van der Waals surface area contributed by atoms with Crippen LogP contribution in [0.5, 0.6) is 0 Å². The Labute approximate surface area is 108 Å². The molecule has 102 valence electrons. The number of hydrogen-bond donors (Lipinski definition) is 1. The number of rotatable bonds is 6. The van der Waals surface area contributed by atoms with Gasteiger partial charge in [-0.3, -0.25) is 4.90 Å². The molecule has 1 fully saturated rings. The summed E-state index contributed by atoms with van der Waals surface area (Å²) in [5, 5.41) is 3.52. The van der Waals surface area contributed by atoms with Crippen LogP contribution in [0.1, 0.15) is 53.9 Å². The molecule has 0 radical (unpaired) electrons. The molecule has 1 heterocycles. The van der Waals surface area contributed by atoms with Crippen LogP contribution in [0.2, 0.25) is 0 Å². The van der Waals surface area contributed by atoms with Crippen molar-refractivity contribution in [2.24, 2.45) is 11.3 Å². The van der Waals surface area contributed by atoms with Crippen molar-refractivity contribution in [2.75, 3.05) is 26.2 Å². The summed E-state index contributed by atoms with van der Waals surface area (Å²) >= 11 is 0. The first kappa shape index (κ1) is 15.0. The second kappa shape index (κ2) is 6.75. The lowest BCUT2D eigenvalue weighted by Gasteiger charge is -2.31. The SMILES string of the molecule is CCCC(CNCC)N1CCC(C(C)(C)C)C1. The van der Waals surface area contributed by atoms with E-state index in [1.165, 1.54) is 38.9 Å². The molecular formula is C15H32N2. The lowest BCUT2D eigenvalue weighted by molar-refractivity contribution is 0.184. The minimum atomic E-state index is 0.476. The topological polar surface area (TPSA) is 15.3 Å². The van der Waals surface area contributed by atoms with Crippen molar-refractivity contribution in [3.63, 3.8) is 0 Å². The summed E-state index contributed by atoms with van der Waals surface area (Å²) in [4.78, 5) is 2.72. The van der Waals surface area contributed by atoms with Crippen LogP contribution in [0.3, 0.4) is 0 Å². The lowest BCUT2D eigenvalue weighted by atomic mass is 9.80. The van der Waals surface area contributed by atoms with Crippen LogP contribution in [0, 0.1) is 11.3 Å². The predicted molar refractivity (Wildman–Crippen MR) is 76.4 cm³/mol. The van der Waals surface area contributed by atoms with Crippen molar-refractivity contribution >= 4 is 0 Å². The van der Waals surface area contributed by atoms with Crippen molar-refractivity contribution in [3.8, 4) is 0 Å². The molecule has 0 bridgehead atoms. The van der Waals surface area contributed by atoms with Gasteiger partial charge in [-0.25, -0.2) is 0 Å². The van der Waals surface area contributed by atoms with Crippen molar-refractivity contribution in [1.82, 2.24) is 10.2 Å². The van der Waals surface area contributed by atoms with Gasteiger partial charge in [0.05, 0.1) is 0 Å². The van der Waals surface area contributed by atoms with E-state index < -0.39 is 0 Å². The molecule has 1 N–H and O–H groups in total. The summed E-state index contributed by atoms with van der Waals surface area (Å²) in [6.07, 6.45) is 4.02. The fraction of sp³-hybridized carbons (Fsp3) is 1.00. The third-order valence-electron chi connectivity index (χ3n) is 4.21. The lowest BCUT2D eigenvalue weighted by Crippen LogP contribution is -2.41. The molecule has 1 saturated heterocycles. The van der Waals surface area contributed by atoms with Gasteiger partial charge in [0, 0.05) is 19.1 Å². The van der Waals surface area contributed by atoms with Gasteiger partial charge in [-0.1, -0.05) is 41.0 Å². The first-order chi connectivity index (χ1) is 7.99. The second-order valence-corrected chi connectivity index (χ2v) is 6.60. The summed E-state index contributed by atoms with van der Waals surface area (Å²) in [6, 6.07) is 0.757.